The van der Waals surface area contributed by atoms with Crippen molar-refractivity contribution in [2.24, 2.45) is 5.11 Å². The Kier molecular flexibility index (Phi) is 12.7. The maximum absolute atomic E-state index is 13.2. The summed E-state index contributed by atoms with van der Waals surface area (Å²) in [6, 6.07) is 16.6. The van der Waals surface area contributed by atoms with Crippen LogP contribution in [0.4, 0.5) is 0 Å². The highest BCUT2D eigenvalue weighted by atomic mass is 32.2. The van der Waals surface area contributed by atoms with Crippen LogP contribution in [0.5, 0.6) is 5.75 Å². The van der Waals surface area contributed by atoms with Gasteiger partial charge >= 0.3 is 5.97 Å². The van der Waals surface area contributed by atoms with E-state index < -0.39 is 22.4 Å². The van der Waals surface area contributed by atoms with Crippen LogP contribution < -0.4 is 9.46 Å². The molecule has 35 heavy (non-hydrogen) atoms. The number of ether oxygens (including phenoxy) is 2. The summed E-state index contributed by atoms with van der Waals surface area (Å²) in [5.74, 6) is 0.104. The van der Waals surface area contributed by atoms with Gasteiger partial charge in [-0.15, -0.1) is 0 Å². The Morgan fingerprint density at radius 1 is 1.03 bits per heavy atom. The molecule has 10 heteroatoms. The summed E-state index contributed by atoms with van der Waals surface area (Å²) in [5, 5.41) is 3.51. The molecule has 0 amide bonds. The van der Waals surface area contributed by atoms with E-state index in [0.717, 1.165) is 36.8 Å². The van der Waals surface area contributed by atoms with Crippen molar-refractivity contribution in [3.05, 3.63) is 76.2 Å². The fourth-order valence-electron chi connectivity index (χ4n) is 3.67. The van der Waals surface area contributed by atoms with Gasteiger partial charge in [0.05, 0.1) is 6.61 Å². The van der Waals surface area contributed by atoms with Crippen LogP contribution >= 0.6 is 0 Å². The Bertz CT molecular complexity index is 1020. The number of unbranched alkanes of at least 4 members (excludes halogenated alkanes) is 3. The number of carbonyl (C=O) groups is 1. The molecule has 190 valence electrons. The standard InChI is InChI=1S/C25H34N4O5S/c1-2-3-16-25(28-35(31)32,24(30)34-20-22-10-6-4-7-11-22)19-21-12-14-23(15-13-21)33-18-9-5-8-17-27-29-26/h4,6-7,10-15,35H,2-3,5,8-9,16-20H2,1H3,(H,28,31,32)/t25-/m0/s1. The van der Waals surface area contributed by atoms with Gasteiger partial charge in [0.1, 0.15) is 17.9 Å². The van der Waals surface area contributed by atoms with Gasteiger partial charge in [0.25, 0.3) is 0 Å². The molecule has 0 bridgehead atoms. The van der Waals surface area contributed by atoms with Crippen molar-refractivity contribution in [3.63, 3.8) is 0 Å². The summed E-state index contributed by atoms with van der Waals surface area (Å²) in [6.07, 6.45) is 4.54. The second kappa shape index (κ2) is 15.8. The lowest BCUT2D eigenvalue weighted by atomic mass is 9.86. The van der Waals surface area contributed by atoms with Crippen LogP contribution in [0.1, 0.15) is 56.6 Å². The molecule has 1 atom stereocenters. The summed E-state index contributed by atoms with van der Waals surface area (Å²) in [6.45, 7) is 3.09. The molecule has 0 aliphatic carbocycles. The number of hydrogen-bond acceptors (Lipinski definition) is 6. The van der Waals surface area contributed by atoms with E-state index in [1.165, 1.54) is 0 Å². The van der Waals surface area contributed by atoms with Crippen LogP contribution in [-0.2, 0) is 33.4 Å². The molecule has 9 nitrogen and oxygen atoms in total. The lowest BCUT2D eigenvalue weighted by molar-refractivity contribution is -0.152. The van der Waals surface area contributed by atoms with Crippen molar-refractivity contribution >= 4 is 16.9 Å². The predicted molar refractivity (Wildman–Crippen MR) is 135 cm³/mol. The van der Waals surface area contributed by atoms with Gasteiger partial charge in [-0.1, -0.05) is 67.3 Å². The molecule has 0 fully saturated rings. The van der Waals surface area contributed by atoms with Gasteiger partial charge in [-0.2, -0.15) is 4.72 Å². The lowest BCUT2D eigenvalue weighted by Gasteiger charge is -2.30. The number of benzene rings is 2. The maximum atomic E-state index is 13.2. The smallest absolute Gasteiger partial charge is 0.327 e. The van der Waals surface area contributed by atoms with E-state index in [-0.39, 0.29) is 13.0 Å². The molecule has 0 heterocycles. The zero-order valence-corrected chi connectivity index (χ0v) is 21.0. The number of hydrogen-bond donors (Lipinski definition) is 2. The Labute approximate surface area is 208 Å². The molecular weight excluding hydrogens is 468 g/mol. The second-order valence-electron chi connectivity index (χ2n) is 8.30. The van der Waals surface area contributed by atoms with Gasteiger partial charge in [-0.25, -0.2) is 13.2 Å². The molecule has 0 saturated heterocycles. The fraction of sp³-hybridized carbons (Fsp3) is 0.480. The first-order chi connectivity index (χ1) is 17.0. The van der Waals surface area contributed by atoms with E-state index in [1.807, 2.05) is 61.5 Å². The van der Waals surface area contributed by atoms with Gasteiger partial charge < -0.3 is 9.47 Å². The molecule has 1 N–H and O–H groups in total. The highest BCUT2D eigenvalue weighted by Gasteiger charge is 2.40. The van der Waals surface area contributed by atoms with Gasteiger partial charge in [0.15, 0.2) is 0 Å². The quantitative estimate of drug-likeness (QED) is 0.0795. The fourth-order valence-corrected chi connectivity index (χ4v) is 4.30. The van der Waals surface area contributed by atoms with Gasteiger partial charge in [-0.3, -0.25) is 0 Å². The number of esters is 1. The monoisotopic (exact) mass is 502 g/mol. The number of thiol groups is 1. The van der Waals surface area contributed by atoms with Gasteiger partial charge in [0, 0.05) is 17.9 Å². The SMILES string of the molecule is CCCC[C@@](Cc1ccc(OCCCCCN=[N+]=[N-])cc1)(N[SH](=O)=O)C(=O)OCc1ccccc1. The highest BCUT2D eigenvalue weighted by Crippen LogP contribution is 2.25. The molecule has 0 unspecified atom stereocenters. The zero-order chi connectivity index (χ0) is 25.4. The van der Waals surface area contributed by atoms with E-state index >= 15 is 0 Å². The van der Waals surface area contributed by atoms with Crippen LogP contribution in [-0.4, -0.2) is 33.1 Å². The zero-order valence-electron chi connectivity index (χ0n) is 20.1. The van der Waals surface area contributed by atoms with Crippen molar-refractivity contribution in [3.8, 4) is 5.75 Å². The molecule has 0 radical (unpaired) electrons. The van der Waals surface area contributed by atoms with E-state index in [0.29, 0.717) is 31.7 Å². The van der Waals surface area contributed by atoms with Crippen LogP contribution in [0, 0.1) is 0 Å². The molecule has 0 spiro atoms. The van der Waals surface area contributed by atoms with Crippen molar-refractivity contribution in [1.82, 2.24) is 4.72 Å². The van der Waals surface area contributed by atoms with E-state index in [4.69, 9.17) is 15.0 Å². The van der Waals surface area contributed by atoms with E-state index in [9.17, 15) is 13.2 Å². The Morgan fingerprint density at radius 2 is 1.77 bits per heavy atom. The van der Waals surface area contributed by atoms with Gasteiger partial charge in [-0.05, 0) is 54.5 Å². The average molecular weight is 503 g/mol. The maximum Gasteiger partial charge on any atom is 0.327 e. The molecule has 0 saturated carbocycles. The summed E-state index contributed by atoms with van der Waals surface area (Å²) < 4.78 is 37.2. The van der Waals surface area contributed by atoms with Crippen molar-refractivity contribution in [1.29, 1.82) is 0 Å². The Balaban J connectivity index is 2.05. The summed E-state index contributed by atoms with van der Waals surface area (Å²) in [4.78, 5) is 15.9. The summed E-state index contributed by atoms with van der Waals surface area (Å²) in [7, 11) is -3.02. The minimum atomic E-state index is -3.02. The van der Waals surface area contributed by atoms with Crippen LogP contribution in [0.2, 0.25) is 0 Å². The number of nitrogens with zero attached hydrogens (tertiary/aromatic N) is 3. The number of rotatable bonds is 17. The largest absolute Gasteiger partial charge is 0.494 e. The predicted octanol–water partition coefficient (Wildman–Crippen LogP) is 4.88. The Morgan fingerprint density at radius 3 is 2.43 bits per heavy atom. The van der Waals surface area contributed by atoms with Gasteiger partial charge in [0.2, 0.25) is 10.9 Å². The minimum absolute atomic E-state index is 0.0699. The summed E-state index contributed by atoms with van der Waals surface area (Å²) in [5.41, 5.74) is 8.52. The molecule has 2 aromatic carbocycles. The number of carbonyl (C=O) groups excluding carboxylic acids is 1. The third-order valence-corrected chi connectivity index (χ3v) is 6.14. The third kappa shape index (κ3) is 10.4. The van der Waals surface area contributed by atoms with Crippen LogP contribution in [0.25, 0.3) is 10.4 Å². The van der Waals surface area contributed by atoms with Crippen molar-refractivity contribution in [2.45, 2.75) is 64.0 Å². The van der Waals surface area contributed by atoms with Crippen LogP contribution in [0.3, 0.4) is 0 Å². The Hall–Kier alpha value is -3.07. The first-order valence-electron chi connectivity index (χ1n) is 11.8. The van der Waals surface area contributed by atoms with Crippen LogP contribution in [0.15, 0.2) is 59.7 Å². The molecule has 2 rings (SSSR count). The molecule has 0 aliphatic heterocycles. The number of nitrogens with one attached hydrogen (secondary N) is 1. The first-order valence-corrected chi connectivity index (χ1v) is 13.0. The topological polar surface area (TPSA) is 130 Å². The normalized spacial score (nSPS) is 12.5. The third-order valence-electron chi connectivity index (χ3n) is 5.53. The molecular formula is C25H34N4O5S. The molecule has 0 aromatic heterocycles. The second-order valence-corrected chi connectivity index (χ2v) is 9.04. The lowest BCUT2D eigenvalue weighted by Crippen LogP contribution is -2.54. The highest BCUT2D eigenvalue weighted by molar-refractivity contribution is 7.70. The van der Waals surface area contributed by atoms with Crippen molar-refractivity contribution < 1.29 is 22.7 Å². The van der Waals surface area contributed by atoms with E-state index in [1.54, 1.807) is 0 Å². The van der Waals surface area contributed by atoms with E-state index in [2.05, 4.69) is 14.7 Å². The summed E-state index contributed by atoms with van der Waals surface area (Å²) >= 11 is 0. The molecule has 0 aliphatic rings. The minimum Gasteiger partial charge on any atom is -0.494 e. The number of azide groups is 1. The van der Waals surface area contributed by atoms with Crippen molar-refractivity contribution in [2.75, 3.05) is 13.2 Å². The molecule has 2 aromatic rings. The average Bonchev–Trinajstić information content (AvgIpc) is 2.86. The first kappa shape index (κ1) is 28.2.